The average Bonchev–Trinajstić information content (AvgIpc) is 2.77. The van der Waals surface area contributed by atoms with Gasteiger partial charge in [0.25, 0.3) is 0 Å². The molecule has 0 aliphatic heterocycles. The summed E-state index contributed by atoms with van der Waals surface area (Å²) in [4.78, 5) is 0. The molecule has 5 heteroatoms. The van der Waals surface area contributed by atoms with E-state index in [1.54, 1.807) is 0 Å². The van der Waals surface area contributed by atoms with Crippen LogP contribution >= 0.6 is 7.92 Å². The maximum Gasteiger partial charge on any atom is 0 e. The van der Waals surface area contributed by atoms with Crippen molar-refractivity contribution in [3.05, 3.63) is 66.6 Å². The van der Waals surface area contributed by atoms with Crippen LogP contribution in [-0.2, 0) is 25.1 Å². The molecule has 3 nitrogen and oxygen atoms in total. The van der Waals surface area contributed by atoms with Crippen LogP contribution < -0.4 is 5.30 Å². The first-order valence-electron chi connectivity index (χ1n) is 7.18. The van der Waals surface area contributed by atoms with E-state index in [0.717, 1.165) is 0 Å². The SMILES string of the molecule is CP(C)c1ccccc1.C[C]1[C](C)[C](C)[C](C)[C]1C.N#N.[C-]#[O+].[Re]. The molecular formula is C19H26N2OPRe. The van der Waals surface area contributed by atoms with E-state index in [1.165, 1.54) is 34.9 Å². The number of rotatable bonds is 1. The third-order valence-corrected chi connectivity index (χ3v) is 5.42. The van der Waals surface area contributed by atoms with E-state index >= 15 is 0 Å². The molecule has 6 radical (unpaired) electrons. The van der Waals surface area contributed by atoms with E-state index in [9.17, 15) is 0 Å². The van der Waals surface area contributed by atoms with Crippen molar-refractivity contribution in [2.24, 2.45) is 0 Å². The maximum atomic E-state index is 7.50. The Labute approximate surface area is 163 Å². The normalized spacial score (nSPS) is 15.8. The van der Waals surface area contributed by atoms with Gasteiger partial charge in [-0.05, 0) is 48.2 Å². The molecular weight excluding hydrogens is 489 g/mol. The third-order valence-electron chi connectivity index (χ3n) is 4.09. The molecule has 1 aromatic rings. The van der Waals surface area contributed by atoms with E-state index in [2.05, 4.69) is 84.9 Å². The first-order chi connectivity index (χ1) is 10.9. The van der Waals surface area contributed by atoms with Crippen LogP contribution in [0.5, 0.6) is 0 Å². The van der Waals surface area contributed by atoms with Crippen molar-refractivity contribution in [2.45, 2.75) is 34.6 Å². The Hall–Kier alpha value is -0.528. The van der Waals surface area contributed by atoms with Gasteiger partial charge in [0.15, 0.2) is 0 Å². The molecule has 0 amide bonds. The van der Waals surface area contributed by atoms with Crippen LogP contribution in [0.25, 0.3) is 0 Å². The summed E-state index contributed by atoms with van der Waals surface area (Å²) in [6.07, 6.45) is 0. The van der Waals surface area contributed by atoms with Crippen LogP contribution in [0.2, 0.25) is 0 Å². The Morgan fingerprint density at radius 1 is 0.708 bits per heavy atom. The molecule has 0 unspecified atom stereocenters. The summed E-state index contributed by atoms with van der Waals surface area (Å²) >= 11 is 0. The van der Waals surface area contributed by atoms with Gasteiger partial charge in [-0.3, -0.25) is 0 Å². The van der Waals surface area contributed by atoms with Crippen molar-refractivity contribution in [3.8, 4) is 0 Å². The van der Waals surface area contributed by atoms with Gasteiger partial charge in [-0.1, -0.05) is 72.9 Å². The zero-order valence-electron chi connectivity index (χ0n) is 15.5. The second-order valence-corrected chi connectivity index (χ2v) is 7.66. The average molecular weight is 516 g/mol. The summed E-state index contributed by atoms with van der Waals surface area (Å²) in [5.74, 6) is 7.34. The first-order valence-corrected chi connectivity index (χ1v) is 9.42. The van der Waals surface area contributed by atoms with Gasteiger partial charge < -0.3 is 0 Å². The van der Waals surface area contributed by atoms with E-state index in [4.69, 9.17) is 15.4 Å². The summed E-state index contributed by atoms with van der Waals surface area (Å²) in [5.41, 5.74) is 0. The molecule has 24 heavy (non-hydrogen) atoms. The van der Waals surface area contributed by atoms with Gasteiger partial charge in [-0.25, -0.2) is 0 Å². The van der Waals surface area contributed by atoms with Crippen LogP contribution in [0.4, 0.5) is 0 Å². The van der Waals surface area contributed by atoms with Crippen molar-refractivity contribution in [2.75, 3.05) is 13.3 Å². The smallest absolute Gasteiger partial charge is 0 e. The molecule has 0 atom stereocenters. The van der Waals surface area contributed by atoms with Crippen molar-refractivity contribution in [1.82, 2.24) is 0 Å². The zero-order valence-corrected chi connectivity index (χ0v) is 19.1. The molecule has 1 aliphatic carbocycles. The van der Waals surface area contributed by atoms with Gasteiger partial charge in [0.1, 0.15) is 0 Å². The molecule has 1 aliphatic rings. The molecule has 0 spiro atoms. The van der Waals surface area contributed by atoms with E-state index in [1.807, 2.05) is 0 Å². The number of hydrogen-bond donors (Lipinski definition) is 0. The minimum Gasteiger partial charge on any atom is 0 e. The predicted molar refractivity (Wildman–Crippen MR) is 96.8 cm³/mol. The van der Waals surface area contributed by atoms with Crippen molar-refractivity contribution >= 4 is 13.2 Å². The summed E-state index contributed by atoms with van der Waals surface area (Å²) in [7, 11) is 0.104. The summed E-state index contributed by atoms with van der Waals surface area (Å²) in [6, 6.07) is 10.6. The van der Waals surface area contributed by atoms with Gasteiger partial charge in [-0.2, -0.15) is 0 Å². The van der Waals surface area contributed by atoms with Gasteiger partial charge in [0.2, 0.25) is 0 Å². The van der Waals surface area contributed by atoms with Crippen LogP contribution in [-0.4, -0.2) is 13.3 Å². The van der Waals surface area contributed by atoms with Crippen LogP contribution in [0, 0.1) is 47.0 Å². The van der Waals surface area contributed by atoms with Crippen LogP contribution in [0.1, 0.15) is 34.6 Å². The Morgan fingerprint density at radius 2 is 0.958 bits per heavy atom. The second-order valence-electron chi connectivity index (χ2n) is 5.35. The van der Waals surface area contributed by atoms with Gasteiger partial charge >= 0.3 is 11.3 Å². The van der Waals surface area contributed by atoms with Crippen molar-refractivity contribution < 1.29 is 25.1 Å². The van der Waals surface area contributed by atoms with Crippen molar-refractivity contribution in [1.29, 1.82) is 10.8 Å². The summed E-state index contributed by atoms with van der Waals surface area (Å²) < 4.78 is 7.50. The Balaban J connectivity index is -0.000000295. The summed E-state index contributed by atoms with van der Waals surface area (Å²) in [5, 5.41) is 13.5. The number of benzene rings is 1. The molecule has 0 heterocycles. The fourth-order valence-corrected chi connectivity index (χ4v) is 2.90. The minimum atomic E-state index is 0. The maximum absolute atomic E-state index is 7.50. The zero-order chi connectivity index (χ0) is 18.6. The van der Waals surface area contributed by atoms with Crippen LogP contribution in [0.3, 0.4) is 0 Å². The number of nitrogens with zero attached hydrogens (tertiary/aromatic N) is 2. The molecule has 1 saturated carbocycles. The largest absolute Gasteiger partial charge is 0 e. The molecule has 0 aromatic heterocycles. The second kappa shape index (κ2) is 16.0. The molecule has 0 bridgehead atoms. The monoisotopic (exact) mass is 516 g/mol. The molecule has 0 saturated heterocycles. The van der Waals surface area contributed by atoms with Crippen molar-refractivity contribution in [3.63, 3.8) is 0 Å². The van der Waals surface area contributed by atoms with Gasteiger partial charge in [0, 0.05) is 31.2 Å². The van der Waals surface area contributed by atoms with E-state index < -0.39 is 0 Å². The fraction of sp³-hybridized carbons (Fsp3) is 0.368. The standard InChI is InChI=1S/C10H15.C8H11P.CO.N2.Re/c1-6-7(2)9(4)10(5)8(6)3;1-9(2)8-6-4-3-5-7-8;2*1-2;/h1-5H3;3-7H,1-2H3;;;. The Morgan fingerprint density at radius 3 is 1.12 bits per heavy atom. The summed E-state index contributed by atoms with van der Waals surface area (Å²) in [6.45, 7) is 20.0. The van der Waals surface area contributed by atoms with Gasteiger partial charge in [0.05, 0.1) is 0 Å². The predicted octanol–water partition coefficient (Wildman–Crippen LogP) is 5.02. The van der Waals surface area contributed by atoms with E-state index in [-0.39, 0.29) is 28.3 Å². The molecule has 130 valence electrons. The number of hydrogen-bond acceptors (Lipinski definition) is 2. The third kappa shape index (κ3) is 9.09. The molecule has 1 fully saturated rings. The topological polar surface area (TPSA) is 67.5 Å². The Kier molecular flexibility index (Phi) is 18.8. The minimum absolute atomic E-state index is 0. The Bertz CT molecular complexity index is 400. The van der Waals surface area contributed by atoms with Gasteiger partial charge in [-0.15, -0.1) is 0 Å². The molecule has 2 rings (SSSR count). The quantitative estimate of drug-likeness (QED) is 0.228. The fourth-order valence-electron chi connectivity index (χ4n) is 2.13. The molecule has 1 aromatic carbocycles. The van der Waals surface area contributed by atoms with E-state index in [0.29, 0.717) is 0 Å². The van der Waals surface area contributed by atoms with Crippen LogP contribution in [0.15, 0.2) is 30.3 Å². The first kappa shape index (κ1) is 28.3. The molecule has 0 N–H and O–H groups in total.